The van der Waals surface area contributed by atoms with Gasteiger partial charge < -0.3 is 14.9 Å². The molecule has 0 aliphatic rings. The Morgan fingerprint density at radius 2 is 2.30 bits per heavy atom. The number of ether oxygens (including phenoxy) is 1. The highest BCUT2D eigenvalue weighted by Gasteiger charge is 2.23. The predicted octanol–water partition coefficient (Wildman–Crippen LogP) is 0.847. The summed E-state index contributed by atoms with van der Waals surface area (Å²) in [6.45, 7) is 0.231. The molecule has 0 aliphatic carbocycles. The molecule has 2 heterocycles. The number of aromatic nitrogens is 2. The van der Waals surface area contributed by atoms with Gasteiger partial charge in [-0.1, -0.05) is 6.07 Å². The zero-order valence-corrected chi connectivity index (χ0v) is 11.1. The second-order valence-electron chi connectivity index (χ2n) is 4.32. The highest BCUT2D eigenvalue weighted by atomic mass is 16.6. The average molecular weight is 278 g/mol. The number of pyridine rings is 1. The number of hydrogen-bond acceptors (Lipinski definition) is 6. The maximum Gasteiger partial charge on any atom is 0.352 e. The van der Waals surface area contributed by atoms with Crippen LogP contribution < -0.4 is 0 Å². The van der Waals surface area contributed by atoms with Gasteiger partial charge in [0.15, 0.2) is 5.69 Å². The van der Waals surface area contributed by atoms with Gasteiger partial charge in [0.2, 0.25) is 5.65 Å². The lowest BCUT2D eigenvalue weighted by molar-refractivity contribution is -0.391. The van der Waals surface area contributed by atoms with Gasteiger partial charge in [0, 0.05) is 12.6 Å². The number of nitro groups is 1. The van der Waals surface area contributed by atoms with Crippen molar-refractivity contribution in [3.63, 3.8) is 0 Å². The molecule has 0 amide bonds. The number of carbonyl (C=O) groups excluding carboxylic acids is 1. The predicted molar refractivity (Wildman–Crippen MR) is 70.2 cm³/mol. The largest absolute Gasteiger partial charge is 0.468 e. The fourth-order valence-electron chi connectivity index (χ4n) is 1.93. The van der Waals surface area contributed by atoms with Crippen molar-refractivity contribution in [2.45, 2.75) is 6.54 Å². The minimum absolute atomic E-state index is 0.0432. The second-order valence-corrected chi connectivity index (χ2v) is 4.32. The molecule has 20 heavy (non-hydrogen) atoms. The number of carbonyl (C=O) groups is 1. The Morgan fingerprint density at radius 1 is 1.55 bits per heavy atom. The average Bonchev–Trinajstić information content (AvgIpc) is 2.75. The molecule has 0 aliphatic heterocycles. The summed E-state index contributed by atoms with van der Waals surface area (Å²) in [6.07, 6.45) is 1.59. The SMILES string of the molecule is COC(=O)CN(C)Cc1nc2ccccn2c1[N+](=O)[O-]. The van der Waals surface area contributed by atoms with Crippen LogP contribution in [0.4, 0.5) is 5.82 Å². The molecule has 0 unspecified atom stereocenters. The summed E-state index contributed by atoms with van der Waals surface area (Å²) < 4.78 is 5.97. The van der Waals surface area contributed by atoms with E-state index in [1.165, 1.54) is 11.5 Å². The van der Waals surface area contributed by atoms with Crippen molar-refractivity contribution in [3.05, 3.63) is 40.2 Å². The van der Waals surface area contributed by atoms with Crippen molar-refractivity contribution < 1.29 is 14.5 Å². The molecule has 8 heteroatoms. The molecule has 106 valence electrons. The molecule has 0 saturated heterocycles. The maximum absolute atomic E-state index is 11.2. The lowest BCUT2D eigenvalue weighted by Gasteiger charge is -2.12. The molecule has 0 fully saturated rings. The number of rotatable bonds is 5. The number of likely N-dealkylation sites (N-methyl/N-ethyl adjacent to an activating group) is 1. The van der Waals surface area contributed by atoms with Gasteiger partial charge in [-0.3, -0.25) is 9.69 Å². The summed E-state index contributed by atoms with van der Waals surface area (Å²) in [5.41, 5.74) is 0.813. The van der Waals surface area contributed by atoms with Gasteiger partial charge in [0.25, 0.3) is 0 Å². The lowest BCUT2D eigenvalue weighted by atomic mass is 10.4. The summed E-state index contributed by atoms with van der Waals surface area (Å²) in [6, 6.07) is 5.15. The van der Waals surface area contributed by atoms with E-state index in [1.54, 1.807) is 36.3 Å². The first-order chi connectivity index (χ1) is 9.52. The Hall–Kier alpha value is -2.48. The number of imidazole rings is 1. The van der Waals surface area contributed by atoms with E-state index in [9.17, 15) is 14.9 Å². The zero-order chi connectivity index (χ0) is 14.7. The van der Waals surface area contributed by atoms with Crippen LogP contribution in [-0.4, -0.2) is 45.9 Å². The van der Waals surface area contributed by atoms with Gasteiger partial charge >= 0.3 is 11.8 Å². The Balaban J connectivity index is 2.31. The number of hydrogen-bond donors (Lipinski definition) is 0. The van der Waals surface area contributed by atoms with E-state index in [0.717, 1.165) is 0 Å². The number of esters is 1. The first-order valence-corrected chi connectivity index (χ1v) is 5.88. The normalized spacial score (nSPS) is 10.9. The van der Waals surface area contributed by atoms with Gasteiger partial charge in [0.05, 0.1) is 19.9 Å². The van der Waals surface area contributed by atoms with Crippen molar-refractivity contribution >= 4 is 17.4 Å². The van der Waals surface area contributed by atoms with Crippen LogP contribution in [0.2, 0.25) is 0 Å². The minimum atomic E-state index is -0.471. The molecule has 0 radical (unpaired) electrons. The van der Waals surface area contributed by atoms with Crippen molar-refractivity contribution in [2.75, 3.05) is 20.7 Å². The fraction of sp³-hybridized carbons (Fsp3) is 0.333. The van der Waals surface area contributed by atoms with Crippen LogP contribution in [0.1, 0.15) is 5.69 Å². The fourth-order valence-corrected chi connectivity index (χ4v) is 1.93. The highest BCUT2D eigenvalue weighted by Crippen LogP contribution is 2.21. The highest BCUT2D eigenvalue weighted by molar-refractivity contribution is 5.71. The number of methoxy groups -OCH3 is 1. The van der Waals surface area contributed by atoms with Crippen LogP contribution in [0.25, 0.3) is 5.65 Å². The van der Waals surface area contributed by atoms with Crippen LogP contribution in [0.15, 0.2) is 24.4 Å². The molecular weight excluding hydrogens is 264 g/mol. The Bertz CT molecular complexity index is 652. The van der Waals surface area contributed by atoms with E-state index in [-0.39, 0.29) is 18.9 Å². The molecule has 0 atom stereocenters. The molecule has 0 N–H and O–H groups in total. The van der Waals surface area contributed by atoms with Crippen molar-refractivity contribution in [3.8, 4) is 0 Å². The molecule has 2 aromatic rings. The summed E-state index contributed by atoms with van der Waals surface area (Å²) in [7, 11) is 2.97. The van der Waals surface area contributed by atoms with E-state index in [2.05, 4.69) is 9.72 Å². The Labute approximate surface area is 114 Å². The lowest BCUT2D eigenvalue weighted by Crippen LogP contribution is -2.26. The van der Waals surface area contributed by atoms with Gasteiger partial charge in [-0.25, -0.2) is 4.98 Å². The summed E-state index contributed by atoms with van der Waals surface area (Å²) in [5.74, 6) is -0.490. The van der Waals surface area contributed by atoms with E-state index >= 15 is 0 Å². The van der Waals surface area contributed by atoms with Crippen LogP contribution >= 0.6 is 0 Å². The monoisotopic (exact) mass is 278 g/mol. The quantitative estimate of drug-likeness (QED) is 0.457. The number of fused-ring (bicyclic) bond motifs is 1. The first kappa shape index (κ1) is 13.9. The topological polar surface area (TPSA) is 90.0 Å². The van der Waals surface area contributed by atoms with Crippen molar-refractivity contribution in [2.24, 2.45) is 0 Å². The number of nitrogens with zero attached hydrogens (tertiary/aromatic N) is 4. The van der Waals surface area contributed by atoms with E-state index < -0.39 is 10.9 Å². The van der Waals surface area contributed by atoms with E-state index in [0.29, 0.717) is 11.3 Å². The first-order valence-electron chi connectivity index (χ1n) is 5.88. The molecule has 2 rings (SSSR count). The molecular formula is C12H14N4O4. The third kappa shape index (κ3) is 2.75. The van der Waals surface area contributed by atoms with Crippen LogP contribution in [0.3, 0.4) is 0 Å². The maximum atomic E-state index is 11.2. The zero-order valence-electron chi connectivity index (χ0n) is 11.1. The van der Waals surface area contributed by atoms with Crippen LogP contribution in [0, 0.1) is 10.1 Å². The van der Waals surface area contributed by atoms with Gasteiger partial charge in [-0.15, -0.1) is 0 Å². The van der Waals surface area contributed by atoms with E-state index in [1.807, 2.05) is 0 Å². The Kier molecular flexibility index (Phi) is 3.94. The molecule has 8 nitrogen and oxygen atoms in total. The van der Waals surface area contributed by atoms with Crippen molar-refractivity contribution in [1.29, 1.82) is 0 Å². The van der Waals surface area contributed by atoms with E-state index in [4.69, 9.17) is 0 Å². The molecule has 0 bridgehead atoms. The van der Waals surface area contributed by atoms with Crippen LogP contribution in [-0.2, 0) is 16.1 Å². The summed E-state index contributed by atoms with van der Waals surface area (Å²) in [5, 5.41) is 11.2. The summed E-state index contributed by atoms with van der Waals surface area (Å²) in [4.78, 5) is 27.7. The standard InChI is InChI=1S/C12H14N4O4/c1-14(8-11(17)20-2)7-9-12(16(18)19)15-6-4-3-5-10(15)13-9/h3-6H,7-8H2,1-2H3. The molecule has 0 aromatic carbocycles. The third-order valence-electron chi connectivity index (χ3n) is 2.79. The second kappa shape index (κ2) is 5.66. The molecule has 0 saturated carbocycles. The molecule has 0 spiro atoms. The smallest absolute Gasteiger partial charge is 0.352 e. The van der Waals surface area contributed by atoms with Gasteiger partial charge in [-0.2, -0.15) is 4.40 Å². The van der Waals surface area contributed by atoms with Gasteiger partial charge in [-0.05, 0) is 18.0 Å². The van der Waals surface area contributed by atoms with Gasteiger partial charge in [0.1, 0.15) is 0 Å². The summed E-state index contributed by atoms with van der Waals surface area (Å²) >= 11 is 0. The Morgan fingerprint density at radius 3 is 2.95 bits per heavy atom. The van der Waals surface area contributed by atoms with Crippen LogP contribution in [0.5, 0.6) is 0 Å². The molecule has 2 aromatic heterocycles. The third-order valence-corrected chi connectivity index (χ3v) is 2.79. The van der Waals surface area contributed by atoms with Crippen molar-refractivity contribution in [1.82, 2.24) is 14.3 Å². The minimum Gasteiger partial charge on any atom is -0.468 e.